The van der Waals surface area contributed by atoms with Crippen molar-refractivity contribution < 1.29 is 4.42 Å². The molecule has 0 atom stereocenters. The van der Waals surface area contributed by atoms with Crippen molar-refractivity contribution in [3.63, 3.8) is 0 Å². The first-order chi connectivity index (χ1) is 13.1. The van der Waals surface area contributed by atoms with E-state index in [1.807, 2.05) is 0 Å². The van der Waals surface area contributed by atoms with E-state index in [1.165, 1.54) is 73.6 Å². The number of aromatic nitrogens is 2. The molecule has 1 aliphatic rings. The van der Waals surface area contributed by atoms with Gasteiger partial charge in [0.25, 0.3) is 5.22 Å². The van der Waals surface area contributed by atoms with Crippen molar-refractivity contribution in [3.8, 4) is 0 Å². The maximum atomic E-state index is 6.02. The second kappa shape index (κ2) is 9.77. The molecule has 0 radical (unpaired) electrons. The lowest BCUT2D eigenvalue weighted by Gasteiger charge is -2.26. The summed E-state index contributed by atoms with van der Waals surface area (Å²) >= 11 is 1.67. The molecule has 3 nitrogen and oxygen atoms in total. The van der Waals surface area contributed by atoms with Crippen LogP contribution in [0.5, 0.6) is 0 Å². The molecule has 1 heterocycles. The molecule has 27 heavy (non-hydrogen) atoms. The van der Waals surface area contributed by atoms with Crippen LogP contribution in [-0.4, -0.2) is 10.2 Å². The van der Waals surface area contributed by atoms with E-state index in [-0.39, 0.29) is 0 Å². The molecule has 1 saturated carbocycles. The van der Waals surface area contributed by atoms with E-state index in [9.17, 15) is 0 Å². The monoisotopic (exact) mass is 386 g/mol. The van der Waals surface area contributed by atoms with Crippen molar-refractivity contribution in [1.82, 2.24) is 10.2 Å². The third-order valence-corrected chi connectivity index (χ3v) is 6.86. The molecular formula is C23H34N2OS. The average molecular weight is 387 g/mol. The molecule has 0 saturated heterocycles. The van der Waals surface area contributed by atoms with E-state index in [0.717, 1.165) is 22.8 Å². The van der Waals surface area contributed by atoms with Gasteiger partial charge in [-0.3, -0.25) is 0 Å². The standard InChI is InChI=1S/C23H34N2OS/c1-5-6-7-8-19-9-11-20(12-10-19)22-24-25-23(26-22)27-15-21-17(3)13-16(2)14-18(21)4/h13-14,19-20H,5-12,15H2,1-4H3. The minimum absolute atomic E-state index is 0.470. The minimum atomic E-state index is 0.470. The molecule has 0 N–H and O–H groups in total. The molecule has 1 fully saturated rings. The number of hydrogen-bond donors (Lipinski definition) is 0. The van der Waals surface area contributed by atoms with Gasteiger partial charge in [-0.25, -0.2) is 0 Å². The van der Waals surface area contributed by atoms with Crippen molar-refractivity contribution in [2.24, 2.45) is 5.92 Å². The van der Waals surface area contributed by atoms with Gasteiger partial charge < -0.3 is 4.42 Å². The zero-order valence-electron chi connectivity index (χ0n) is 17.4. The van der Waals surface area contributed by atoms with Crippen molar-refractivity contribution >= 4 is 11.8 Å². The topological polar surface area (TPSA) is 38.9 Å². The first-order valence-electron chi connectivity index (χ1n) is 10.6. The van der Waals surface area contributed by atoms with E-state index in [0.29, 0.717) is 5.92 Å². The number of aryl methyl sites for hydroxylation is 3. The fourth-order valence-electron chi connectivity index (χ4n) is 4.40. The van der Waals surface area contributed by atoms with Crippen LogP contribution in [-0.2, 0) is 5.75 Å². The highest BCUT2D eigenvalue weighted by Gasteiger charge is 2.26. The molecule has 0 spiro atoms. The van der Waals surface area contributed by atoms with Crippen LogP contribution in [0.15, 0.2) is 21.8 Å². The molecule has 2 aromatic rings. The van der Waals surface area contributed by atoms with E-state index in [4.69, 9.17) is 4.42 Å². The summed E-state index contributed by atoms with van der Waals surface area (Å²) in [7, 11) is 0. The van der Waals surface area contributed by atoms with Gasteiger partial charge in [-0.05, 0) is 69.1 Å². The fourth-order valence-corrected chi connectivity index (χ4v) is 5.36. The second-order valence-electron chi connectivity index (χ2n) is 8.29. The highest BCUT2D eigenvalue weighted by Crippen LogP contribution is 2.38. The lowest BCUT2D eigenvalue weighted by molar-refractivity contribution is 0.267. The van der Waals surface area contributed by atoms with Gasteiger partial charge in [-0.1, -0.05) is 62.1 Å². The maximum Gasteiger partial charge on any atom is 0.276 e. The van der Waals surface area contributed by atoms with E-state index in [1.54, 1.807) is 11.8 Å². The molecule has 0 amide bonds. The third kappa shape index (κ3) is 5.60. The lowest BCUT2D eigenvalue weighted by atomic mass is 9.80. The zero-order valence-corrected chi connectivity index (χ0v) is 18.2. The molecular weight excluding hydrogens is 352 g/mol. The van der Waals surface area contributed by atoms with Crippen molar-refractivity contribution in [2.45, 2.75) is 96.0 Å². The van der Waals surface area contributed by atoms with Crippen molar-refractivity contribution in [3.05, 3.63) is 40.3 Å². The highest BCUT2D eigenvalue weighted by atomic mass is 32.2. The Bertz CT molecular complexity index is 709. The average Bonchev–Trinajstić information content (AvgIpc) is 3.10. The molecule has 148 valence electrons. The van der Waals surface area contributed by atoms with Gasteiger partial charge in [0.1, 0.15) is 0 Å². The van der Waals surface area contributed by atoms with Crippen LogP contribution >= 0.6 is 11.8 Å². The minimum Gasteiger partial charge on any atom is -0.416 e. The number of unbranched alkanes of at least 4 members (excludes halogenated alkanes) is 2. The second-order valence-corrected chi connectivity index (χ2v) is 9.21. The summed E-state index contributed by atoms with van der Waals surface area (Å²) in [6.07, 6.45) is 10.6. The maximum absolute atomic E-state index is 6.02. The summed E-state index contributed by atoms with van der Waals surface area (Å²) in [6.45, 7) is 8.81. The van der Waals surface area contributed by atoms with Gasteiger partial charge in [0.05, 0.1) is 0 Å². The Balaban J connectivity index is 1.51. The van der Waals surface area contributed by atoms with E-state index in [2.05, 4.69) is 50.0 Å². The smallest absolute Gasteiger partial charge is 0.276 e. The Morgan fingerprint density at radius 3 is 2.37 bits per heavy atom. The number of nitrogens with zero attached hydrogens (tertiary/aromatic N) is 2. The fraction of sp³-hybridized carbons (Fsp3) is 0.652. The Morgan fingerprint density at radius 1 is 1.00 bits per heavy atom. The molecule has 3 rings (SSSR count). The third-order valence-electron chi connectivity index (χ3n) is 6.01. The van der Waals surface area contributed by atoms with Crippen LogP contribution in [0.3, 0.4) is 0 Å². The predicted molar refractivity (Wildman–Crippen MR) is 113 cm³/mol. The van der Waals surface area contributed by atoms with Gasteiger partial charge in [0.15, 0.2) is 0 Å². The molecule has 4 heteroatoms. The number of rotatable bonds is 8. The van der Waals surface area contributed by atoms with Crippen LogP contribution in [0.1, 0.15) is 92.4 Å². The van der Waals surface area contributed by atoms with Crippen LogP contribution in [0, 0.1) is 26.7 Å². The molecule has 1 aromatic carbocycles. The lowest BCUT2D eigenvalue weighted by Crippen LogP contribution is -2.13. The zero-order chi connectivity index (χ0) is 19.2. The van der Waals surface area contributed by atoms with Crippen LogP contribution in [0.4, 0.5) is 0 Å². The van der Waals surface area contributed by atoms with Gasteiger partial charge in [-0.15, -0.1) is 10.2 Å². The molecule has 0 unspecified atom stereocenters. The summed E-state index contributed by atoms with van der Waals surface area (Å²) in [5.74, 6) is 3.14. The van der Waals surface area contributed by atoms with Gasteiger partial charge in [0, 0.05) is 11.7 Å². The summed E-state index contributed by atoms with van der Waals surface area (Å²) in [6, 6.07) is 4.50. The quantitative estimate of drug-likeness (QED) is 0.357. The Hall–Kier alpha value is -1.29. The molecule has 1 aliphatic carbocycles. The summed E-state index contributed by atoms with van der Waals surface area (Å²) in [5, 5.41) is 9.40. The Labute approximate surface area is 168 Å². The first-order valence-corrected chi connectivity index (χ1v) is 11.6. The number of benzene rings is 1. The van der Waals surface area contributed by atoms with Gasteiger partial charge in [-0.2, -0.15) is 0 Å². The highest BCUT2D eigenvalue weighted by molar-refractivity contribution is 7.98. The van der Waals surface area contributed by atoms with Gasteiger partial charge in [0.2, 0.25) is 5.89 Å². The summed E-state index contributed by atoms with van der Waals surface area (Å²) < 4.78 is 6.02. The van der Waals surface area contributed by atoms with Gasteiger partial charge >= 0.3 is 0 Å². The van der Waals surface area contributed by atoms with E-state index >= 15 is 0 Å². The normalized spacial score (nSPS) is 20.1. The van der Waals surface area contributed by atoms with Crippen LogP contribution in [0.2, 0.25) is 0 Å². The van der Waals surface area contributed by atoms with Crippen LogP contribution < -0.4 is 0 Å². The van der Waals surface area contributed by atoms with Crippen LogP contribution in [0.25, 0.3) is 0 Å². The summed E-state index contributed by atoms with van der Waals surface area (Å²) in [4.78, 5) is 0. The Morgan fingerprint density at radius 2 is 1.70 bits per heavy atom. The number of hydrogen-bond acceptors (Lipinski definition) is 4. The first kappa shape index (κ1) is 20.4. The number of thioether (sulfide) groups is 1. The molecule has 0 bridgehead atoms. The van der Waals surface area contributed by atoms with Crippen molar-refractivity contribution in [1.29, 1.82) is 0 Å². The Kier molecular flexibility index (Phi) is 7.40. The SMILES string of the molecule is CCCCCC1CCC(c2nnc(SCc3c(C)cc(C)cc3C)o2)CC1. The summed E-state index contributed by atoms with van der Waals surface area (Å²) in [5.41, 5.74) is 5.41. The largest absolute Gasteiger partial charge is 0.416 e. The molecule has 0 aliphatic heterocycles. The molecule has 1 aromatic heterocycles. The van der Waals surface area contributed by atoms with E-state index < -0.39 is 0 Å². The predicted octanol–water partition coefficient (Wildman–Crippen LogP) is 7.14. The van der Waals surface area contributed by atoms with Crippen molar-refractivity contribution in [2.75, 3.05) is 0 Å².